The third-order valence-electron chi connectivity index (χ3n) is 4.00. The largest absolute Gasteiger partial charge is 0.352 e. The van der Waals surface area contributed by atoms with Gasteiger partial charge < -0.3 is 15.5 Å². The van der Waals surface area contributed by atoms with Crippen LogP contribution in [0.4, 0.5) is 11.4 Å². The Hall–Kier alpha value is -2.83. The third kappa shape index (κ3) is 2.64. The van der Waals surface area contributed by atoms with Gasteiger partial charge in [-0.15, -0.1) is 0 Å². The predicted octanol–water partition coefficient (Wildman–Crippen LogP) is 4.05. The van der Waals surface area contributed by atoms with Crippen molar-refractivity contribution in [3.63, 3.8) is 0 Å². The molecule has 2 aromatic rings. The number of fused-ring (bicyclic) bond motifs is 2. The summed E-state index contributed by atoms with van der Waals surface area (Å²) in [6.07, 6.45) is 0. The van der Waals surface area contributed by atoms with E-state index in [1.165, 1.54) is 6.92 Å². The Morgan fingerprint density at radius 2 is 1.77 bits per heavy atom. The molecule has 0 aliphatic carbocycles. The Labute approximate surface area is 158 Å². The number of rotatable bonds is 1. The molecule has 8 heteroatoms. The predicted molar refractivity (Wildman–Crippen MR) is 100 cm³/mol. The highest BCUT2D eigenvalue weighted by atomic mass is 35.5. The first-order valence-corrected chi connectivity index (χ1v) is 8.38. The van der Waals surface area contributed by atoms with Gasteiger partial charge in [-0.3, -0.25) is 4.79 Å². The topological polar surface area (TPSA) is 79.8 Å². The van der Waals surface area contributed by atoms with Crippen molar-refractivity contribution in [1.29, 1.82) is 0 Å². The Morgan fingerprint density at radius 1 is 1.04 bits per heavy atom. The fraction of sp³-hybridized carbons (Fsp3) is 0.0556. The average molecular weight is 388 g/mol. The summed E-state index contributed by atoms with van der Waals surface area (Å²) < 4.78 is 0. The molecule has 0 unspecified atom stereocenters. The Kier molecular flexibility index (Phi) is 3.94. The summed E-state index contributed by atoms with van der Waals surface area (Å²) in [7, 11) is 0. The second kappa shape index (κ2) is 6.16. The highest BCUT2D eigenvalue weighted by molar-refractivity contribution is 6.44. The van der Waals surface area contributed by atoms with Crippen LogP contribution in [-0.4, -0.2) is 17.6 Å². The van der Waals surface area contributed by atoms with Gasteiger partial charge in [0.25, 0.3) is 5.91 Å². The number of nitrogens with zero attached hydrogens (tertiary/aromatic N) is 1. The van der Waals surface area contributed by atoms with Gasteiger partial charge in [0.2, 0.25) is 0 Å². The number of amides is 1. The van der Waals surface area contributed by atoms with E-state index in [9.17, 15) is 9.59 Å². The first kappa shape index (κ1) is 16.6. The quantitative estimate of drug-likeness (QED) is 0.439. The van der Waals surface area contributed by atoms with Crippen LogP contribution < -0.4 is 10.6 Å². The van der Waals surface area contributed by atoms with Gasteiger partial charge in [-0.05, 0) is 18.2 Å². The molecule has 26 heavy (non-hydrogen) atoms. The van der Waals surface area contributed by atoms with Gasteiger partial charge in [-0.2, -0.15) is 0 Å². The number of oxime groups is 1. The number of nitrogens with one attached hydrogen (secondary N) is 2. The van der Waals surface area contributed by atoms with Crippen molar-refractivity contribution in [1.82, 2.24) is 0 Å². The average Bonchev–Trinajstić information content (AvgIpc) is 3.10. The lowest BCUT2D eigenvalue weighted by Crippen LogP contribution is -2.13. The van der Waals surface area contributed by atoms with Crippen LogP contribution in [-0.2, 0) is 14.4 Å². The van der Waals surface area contributed by atoms with E-state index in [0.717, 1.165) is 11.3 Å². The smallest absolute Gasteiger partial charge is 0.332 e. The molecular formula is C18H11Cl2N3O3. The van der Waals surface area contributed by atoms with E-state index in [2.05, 4.69) is 15.8 Å². The molecule has 0 bridgehead atoms. The highest BCUT2D eigenvalue weighted by Gasteiger charge is 2.34. The van der Waals surface area contributed by atoms with Crippen molar-refractivity contribution >= 4 is 57.7 Å². The van der Waals surface area contributed by atoms with Crippen molar-refractivity contribution < 1.29 is 14.4 Å². The molecule has 2 aliphatic heterocycles. The maximum absolute atomic E-state index is 12.6. The first-order chi connectivity index (χ1) is 12.5. The Morgan fingerprint density at radius 3 is 2.54 bits per heavy atom. The number of anilines is 2. The van der Waals surface area contributed by atoms with Crippen molar-refractivity contribution in [2.45, 2.75) is 6.92 Å². The Balaban J connectivity index is 1.94. The van der Waals surface area contributed by atoms with Crippen LogP contribution in [0.15, 0.2) is 47.3 Å². The molecule has 6 nitrogen and oxygen atoms in total. The minimum absolute atomic E-state index is 0.328. The van der Waals surface area contributed by atoms with Gasteiger partial charge in [0.15, 0.2) is 0 Å². The van der Waals surface area contributed by atoms with Crippen LogP contribution in [0.2, 0.25) is 10.0 Å². The number of carbonyl (C=O) groups is 2. The zero-order chi connectivity index (χ0) is 18.4. The molecule has 0 radical (unpaired) electrons. The SMILES string of the molecule is CC(=O)O/N=C1/C(=C2/C(=O)Nc3cc(Cl)c(Cl)cc32)Nc2ccccc21. The zero-order valence-electron chi connectivity index (χ0n) is 13.4. The third-order valence-corrected chi connectivity index (χ3v) is 4.72. The minimum atomic E-state index is -0.558. The zero-order valence-corrected chi connectivity index (χ0v) is 14.9. The van der Waals surface area contributed by atoms with E-state index in [4.69, 9.17) is 28.0 Å². The van der Waals surface area contributed by atoms with Crippen molar-refractivity contribution in [2.75, 3.05) is 10.6 Å². The summed E-state index contributed by atoms with van der Waals surface area (Å²) in [5.41, 5.74) is 3.76. The summed E-state index contributed by atoms with van der Waals surface area (Å²) >= 11 is 12.2. The van der Waals surface area contributed by atoms with Crippen LogP contribution in [0.25, 0.3) is 5.57 Å². The second-order valence-electron chi connectivity index (χ2n) is 5.71. The summed E-state index contributed by atoms with van der Waals surface area (Å²) in [5.74, 6) is -0.888. The molecule has 0 saturated carbocycles. The van der Waals surface area contributed by atoms with Gasteiger partial charge in [0.1, 0.15) is 5.71 Å². The lowest BCUT2D eigenvalue weighted by molar-refractivity contribution is -0.140. The molecule has 0 saturated heterocycles. The number of allylic oxidation sites excluding steroid dienone is 1. The lowest BCUT2D eigenvalue weighted by atomic mass is 10.0. The van der Waals surface area contributed by atoms with E-state index in [-0.39, 0.29) is 5.91 Å². The second-order valence-corrected chi connectivity index (χ2v) is 6.52. The molecule has 2 aliphatic rings. The highest BCUT2D eigenvalue weighted by Crippen LogP contribution is 2.42. The number of carbonyl (C=O) groups excluding carboxylic acids is 2. The molecule has 2 heterocycles. The minimum Gasteiger partial charge on any atom is -0.352 e. The number of halogens is 2. The van der Waals surface area contributed by atoms with Gasteiger partial charge >= 0.3 is 5.97 Å². The molecule has 0 spiro atoms. The molecule has 130 valence electrons. The van der Waals surface area contributed by atoms with Gasteiger partial charge in [0, 0.05) is 23.7 Å². The monoisotopic (exact) mass is 387 g/mol. The lowest BCUT2D eigenvalue weighted by Gasteiger charge is -2.06. The van der Waals surface area contributed by atoms with Gasteiger partial charge in [-0.25, -0.2) is 4.79 Å². The van der Waals surface area contributed by atoms with Crippen molar-refractivity contribution in [3.05, 3.63) is 63.3 Å². The first-order valence-electron chi connectivity index (χ1n) is 7.63. The number of para-hydroxylation sites is 1. The fourth-order valence-electron chi connectivity index (χ4n) is 2.93. The van der Waals surface area contributed by atoms with Crippen LogP contribution in [0.1, 0.15) is 18.1 Å². The standard InChI is InChI=1S/C18H11Cl2N3O3/c1-8(24)26-23-16-9-4-2-3-5-13(9)21-17(16)15-10-6-11(19)12(20)7-14(10)22-18(15)25/h2-7,21H,1H3,(H,22,25)/b17-15-,23-16+. The summed E-state index contributed by atoms with van der Waals surface area (Å²) in [6.45, 7) is 1.25. The normalized spacial score (nSPS) is 19.0. The molecular weight excluding hydrogens is 377 g/mol. The number of hydrogen-bond donors (Lipinski definition) is 2. The molecule has 0 aromatic heterocycles. The fourth-order valence-corrected chi connectivity index (χ4v) is 3.25. The van der Waals surface area contributed by atoms with Crippen molar-refractivity contribution in [3.8, 4) is 0 Å². The van der Waals surface area contributed by atoms with Gasteiger partial charge in [0.05, 0.1) is 27.0 Å². The molecule has 4 rings (SSSR count). The van der Waals surface area contributed by atoms with E-state index in [1.54, 1.807) is 12.1 Å². The maximum Gasteiger partial charge on any atom is 0.332 e. The van der Waals surface area contributed by atoms with Gasteiger partial charge in [-0.1, -0.05) is 46.6 Å². The van der Waals surface area contributed by atoms with E-state index in [0.29, 0.717) is 38.3 Å². The Bertz CT molecular complexity index is 1040. The summed E-state index contributed by atoms with van der Waals surface area (Å²) in [4.78, 5) is 28.7. The number of benzene rings is 2. The molecule has 1 amide bonds. The summed E-state index contributed by atoms with van der Waals surface area (Å²) in [5, 5.41) is 10.6. The van der Waals surface area contributed by atoms with Crippen LogP contribution >= 0.6 is 23.2 Å². The van der Waals surface area contributed by atoms with E-state index < -0.39 is 5.97 Å². The molecule has 0 fully saturated rings. The van der Waals surface area contributed by atoms with E-state index in [1.807, 2.05) is 24.3 Å². The number of hydrogen-bond acceptors (Lipinski definition) is 5. The van der Waals surface area contributed by atoms with Crippen LogP contribution in [0, 0.1) is 0 Å². The maximum atomic E-state index is 12.6. The van der Waals surface area contributed by atoms with Crippen LogP contribution in [0.5, 0.6) is 0 Å². The van der Waals surface area contributed by atoms with Crippen molar-refractivity contribution in [2.24, 2.45) is 5.16 Å². The van der Waals surface area contributed by atoms with Crippen LogP contribution in [0.3, 0.4) is 0 Å². The molecule has 2 aromatic carbocycles. The summed E-state index contributed by atoms with van der Waals surface area (Å²) in [6, 6.07) is 10.6. The van der Waals surface area contributed by atoms with E-state index >= 15 is 0 Å². The molecule has 2 N–H and O–H groups in total. The molecule has 0 atom stereocenters.